The maximum atomic E-state index is 6.13. The molecule has 2 N–H and O–H groups in total. The second-order valence-corrected chi connectivity index (χ2v) is 4.49. The zero-order valence-electron chi connectivity index (χ0n) is 10.0. The van der Waals surface area contributed by atoms with Crippen molar-refractivity contribution in [2.45, 2.75) is 26.3 Å². The van der Waals surface area contributed by atoms with Crippen LogP contribution in [0.4, 0.5) is 0 Å². The van der Waals surface area contributed by atoms with Crippen LogP contribution in [0.25, 0.3) is 5.69 Å². The third-order valence-corrected chi connectivity index (χ3v) is 3.39. The number of rotatable bonds is 3. The average molecular weight is 250 g/mol. The van der Waals surface area contributed by atoms with Crippen molar-refractivity contribution in [3.63, 3.8) is 0 Å². The van der Waals surface area contributed by atoms with E-state index in [1.54, 1.807) is 6.33 Å². The van der Waals surface area contributed by atoms with Gasteiger partial charge in [0.05, 0.1) is 23.9 Å². The third-order valence-electron chi connectivity index (χ3n) is 2.99. The fraction of sp³-hybridized carbons (Fsp3) is 0.308. The van der Waals surface area contributed by atoms with Crippen molar-refractivity contribution in [3.05, 3.63) is 47.0 Å². The lowest BCUT2D eigenvalue weighted by molar-refractivity contribution is 0.659. The largest absolute Gasteiger partial charge is 0.323 e. The predicted molar refractivity (Wildman–Crippen MR) is 70.5 cm³/mol. The highest BCUT2D eigenvalue weighted by molar-refractivity contribution is 6.31. The molecule has 17 heavy (non-hydrogen) atoms. The molecule has 90 valence electrons. The first-order valence-corrected chi connectivity index (χ1v) is 6.06. The van der Waals surface area contributed by atoms with E-state index in [2.05, 4.69) is 11.9 Å². The number of aromatic nitrogens is 2. The Morgan fingerprint density at radius 1 is 1.47 bits per heavy atom. The molecule has 0 bridgehead atoms. The number of hydrogen-bond donors (Lipinski definition) is 1. The third kappa shape index (κ3) is 2.21. The summed E-state index contributed by atoms with van der Waals surface area (Å²) < 4.78 is 2.01. The summed E-state index contributed by atoms with van der Waals surface area (Å²) >= 11 is 6.13. The van der Waals surface area contributed by atoms with Crippen LogP contribution in [0.3, 0.4) is 0 Å². The van der Waals surface area contributed by atoms with Gasteiger partial charge in [0.1, 0.15) is 0 Å². The minimum Gasteiger partial charge on any atom is -0.323 e. The van der Waals surface area contributed by atoms with Gasteiger partial charge in [-0.05, 0) is 31.0 Å². The van der Waals surface area contributed by atoms with Crippen molar-refractivity contribution in [1.29, 1.82) is 0 Å². The number of halogens is 1. The van der Waals surface area contributed by atoms with Gasteiger partial charge in [-0.1, -0.05) is 24.6 Å². The molecule has 1 aromatic heterocycles. The maximum absolute atomic E-state index is 6.13. The highest BCUT2D eigenvalue weighted by atomic mass is 35.5. The first-order chi connectivity index (χ1) is 8.15. The Bertz CT molecular complexity index is 519. The molecule has 3 nitrogen and oxygen atoms in total. The van der Waals surface area contributed by atoms with Crippen molar-refractivity contribution < 1.29 is 0 Å². The molecule has 1 atom stereocenters. The summed E-state index contributed by atoms with van der Waals surface area (Å²) in [6, 6.07) is 5.84. The van der Waals surface area contributed by atoms with Crippen LogP contribution < -0.4 is 5.73 Å². The van der Waals surface area contributed by atoms with E-state index >= 15 is 0 Å². The number of imidazole rings is 1. The molecule has 0 radical (unpaired) electrons. The molecular weight excluding hydrogens is 234 g/mol. The number of hydrogen-bond acceptors (Lipinski definition) is 2. The lowest BCUT2D eigenvalue weighted by atomic mass is 10.1. The van der Waals surface area contributed by atoms with E-state index in [-0.39, 0.29) is 6.04 Å². The van der Waals surface area contributed by atoms with Crippen molar-refractivity contribution in [2.75, 3.05) is 0 Å². The molecule has 1 heterocycles. The summed E-state index contributed by atoms with van der Waals surface area (Å²) in [5.74, 6) is 0. The van der Waals surface area contributed by atoms with Crippen molar-refractivity contribution in [2.24, 2.45) is 5.73 Å². The molecule has 0 unspecified atom stereocenters. The highest BCUT2D eigenvalue weighted by Gasteiger charge is 2.12. The summed E-state index contributed by atoms with van der Waals surface area (Å²) in [7, 11) is 0. The van der Waals surface area contributed by atoms with Crippen LogP contribution in [-0.2, 0) is 0 Å². The van der Waals surface area contributed by atoms with Crippen LogP contribution in [0.1, 0.15) is 30.6 Å². The summed E-state index contributed by atoms with van der Waals surface area (Å²) in [6.07, 6.45) is 4.48. The fourth-order valence-electron chi connectivity index (χ4n) is 1.85. The minimum atomic E-state index is -0.00381. The Morgan fingerprint density at radius 3 is 2.94 bits per heavy atom. The molecule has 2 aromatic rings. The molecule has 0 saturated carbocycles. The Hall–Kier alpha value is -1.32. The standard InChI is InChI=1S/C13H16ClN3/c1-3-11(15)13-7-16-8-17(13)12-6-4-5-10(14)9(12)2/h4-8,11H,3,15H2,1-2H3/t11-/m1/s1. The van der Waals surface area contributed by atoms with Crippen molar-refractivity contribution in [3.8, 4) is 5.69 Å². The SMILES string of the molecule is CC[C@@H](N)c1cncn1-c1cccc(Cl)c1C. The van der Waals surface area contributed by atoms with Gasteiger partial charge >= 0.3 is 0 Å². The number of nitrogens with two attached hydrogens (primary N) is 1. The lowest BCUT2D eigenvalue weighted by Crippen LogP contribution is -2.13. The first-order valence-electron chi connectivity index (χ1n) is 5.68. The molecule has 0 aliphatic carbocycles. The van der Waals surface area contributed by atoms with E-state index in [4.69, 9.17) is 17.3 Å². The molecule has 1 aromatic carbocycles. The summed E-state index contributed by atoms with van der Waals surface area (Å²) in [5.41, 5.74) is 9.16. The Morgan fingerprint density at radius 2 is 2.24 bits per heavy atom. The predicted octanol–water partition coefficient (Wildman–Crippen LogP) is 3.24. The number of nitrogens with zero attached hydrogens (tertiary/aromatic N) is 2. The second kappa shape index (κ2) is 4.90. The van der Waals surface area contributed by atoms with E-state index in [0.717, 1.165) is 28.4 Å². The fourth-order valence-corrected chi connectivity index (χ4v) is 2.02. The topological polar surface area (TPSA) is 43.8 Å². The second-order valence-electron chi connectivity index (χ2n) is 4.09. The zero-order chi connectivity index (χ0) is 12.4. The smallest absolute Gasteiger partial charge is 0.0994 e. The summed E-state index contributed by atoms with van der Waals surface area (Å²) in [5, 5.41) is 0.757. The number of benzene rings is 1. The van der Waals surface area contributed by atoms with Gasteiger partial charge in [-0.3, -0.25) is 0 Å². The van der Waals surface area contributed by atoms with Gasteiger partial charge < -0.3 is 10.3 Å². The summed E-state index contributed by atoms with van der Waals surface area (Å²) in [4.78, 5) is 4.18. The first kappa shape index (κ1) is 12.1. The van der Waals surface area contributed by atoms with Crippen LogP contribution >= 0.6 is 11.6 Å². The molecule has 0 aliphatic heterocycles. The molecular formula is C13H16ClN3. The Balaban J connectivity index is 2.54. The van der Waals surface area contributed by atoms with E-state index in [1.165, 1.54) is 0 Å². The van der Waals surface area contributed by atoms with Crippen LogP contribution in [0.15, 0.2) is 30.7 Å². The van der Waals surface area contributed by atoms with Gasteiger partial charge in [0.15, 0.2) is 0 Å². The quantitative estimate of drug-likeness (QED) is 0.908. The van der Waals surface area contributed by atoms with Gasteiger partial charge in [0.25, 0.3) is 0 Å². The monoisotopic (exact) mass is 249 g/mol. The minimum absolute atomic E-state index is 0.00381. The van der Waals surface area contributed by atoms with Crippen molar-refractivity contribution >= 4 is 11.6 Å². The maximum Gasteiger partial charge on any atom is 0.0994 e. The van der Waals surface area contributed by atoms with Gasteiger partial charge in [0, 0.05) is 11.1 Å². The lowest BCUT2D eigenvalue weighted by Gasteiger charge is -2.15. The van der Waals surface area contributed by atoms with E-state index in [9.17, 15) is 0 Å². The molecule has 0 saturated heterocycles. The van der Waals surface area contributed by atoms with Gasteiger partial charge in [-0.15, -0.1) is 0 Å². The molecule has 0 amide bonds. The highest BCUT2D eigenvalue weighted by Crippen LogP contribution is 2.25. The Labute approximate surface area is 106 Å². The summed E-state index contributed by atoms with van der Waals surface area (Å²) in [6.45, 7) is 4.06. The van der Waals surface area contributed by atoms with Crippen LogP contribution in [0.5, 0.6) is 0 Å². The van der Waals surface area contributed by atoms with Crippen LogP contribution in [-0.4, -0.2) is 9.55 Å². The van der Waals surface area contributed by atoms with Gasteiger partial charge in [0.2, 0.25) is 0 Å². The normalized spacial score (nSPS) is 12.7. The van der Waals surface area contributed by atoms with Crippen LogP contribution in [0, 0.1) is 6.92 Å². The Kier molecular flexibility index (Phi) is 3.50. The molecule has 2 rings (SSSR count). The molecule has 0 fully saturated rings. The van der Waals surface area contributed by atoms with E-state index in [1.807, 2.05) is 35.9 Å². The van der Waals surface area contributed by atoms with Crippen LogP contribution in [0.2, 0.25) is 5.02 Å². The van der Waals surface area contributed by atoms with E-state index in [0.29, 0.717) is 0 Å². The molecule has 0 spiro atoms. The molecule has 0 aliphatic rings. The van der Waals surface area contributed by atoms with E-state index < -0.39 is 0 Å². The molecule has 4 heteroatoms. The average Bonchev–Trinajstić information content (AvgIpc) is 2.80. The van der Waals surface area contributed by atoms with Crippen molar-refractivity contribution in [1.82, 2.24) is 9.55 Å². The zero-order valence-corrected chi connectivity index (χ0v) is 10.8. The van der Waals surface area contributed by atoms with Gasteiger partial charge in [-0.2, -0.15) is 0 Å². The van der Waals surface area contributed by atoms with Gasteiger partial charge in [-0.25, -0.2) is 4.98 Å².